The molecule has 0 atom stereocenters. The van der Waals surface area contributed by atoms with Gasteiger partial charge in [0.15, 0.2) is 5.96 Å². The van der Waals surface area contributed by atoms with Crippen LogP contribution in [0.15, 0.2) is 28.2 Å². The van der Waals surface area contributed by atoms with E-state index < -0.39 is 5.82 Å². The predicted octanol–water partition coefficient (Wildman–Crippen LogP) is 1.47. The summed E-state index contributed by atoms with van der Waals surface area (Å²) in [6.45, 7) is 6.51. The molecular formula is C13H20FN5O. The number of hydrogen-bond donors (Lipinski definition) is 3. The van der Waals surface area contributed by atoms with Crippen molar-refractivity contribution in [1.82, 2.24) is 0 Å². The molecule has 0 heterocycles. The second-order valence-corrected chi connectivity index (χ2v) is 5.47. The molecule has 0 aromatic heterocycles. The Morgan fingerprint density at radius 1 is 1.25 bits per heavy atom. The minimum absolute atomic E-state index is 0.0409. The van der Waals surface area contributed by atoms with E-state index in [0.29, 0.717) is 12.4 Å². The normalized spacial score (nSPS) is 12.1. The van der Waals surface area contributed by atoms with Crippen LogP contribution in [0.1, 0.15) is 20.8 Å². The lowest BCUT2D eigenvalue weighted by molar-refractivity contribution is 0.198. The van der Waals surface area contributed by atoms with Crippen molar-refractivity contribution in [2.24, 2.45) is 32.6 Å². The highest BCUT2D eigenvalue weighted by molar-refractivity contribution is 5.93. The summed E-state index contributed by atoms with van der Waals surface area (Å²) in [6, 6.07) is 3.98. The van der Waals surface area contributed by atoms with Crippen LogP contribution in [0.25, 0.3) is 0 Å². The molecule has 1 aromatic rings. The van der Waals surface area contributed by atoms with Crippen molar-refractivity contribution < 1.29 is 9.13 Å². The average molecular weight is 281 g/mol. The summed E-state index contributed by atoms with van der Waals surface area (Å²) >= 11 is 0. The number of hydrogen-bond acceptors (Lipinski definition) is 2. The Labute approximate surface area is 117 Å². The van der Waals surface area contributed by atoms with Crippen LogP contribution in [0.3, 0.4) is 0 Å². The molecule has 1 rings (SSSR count). The molecule has 0 bridgehead atoms. The van der Waals surface area contributed by atoms with Gasteiger partial charge in [-0.25, -0.2) is 9.38 Å². The van der Waals surface area contributed by atoms with Crippen LogP contribution in [0, 0.1) is 11.2 Å². The first-order valence-electron chi connectivity index (χ1n) is 6.03. The molecule has 110 valence electrons. The Morgan fingerprint density at radius 3 is 2.45 bits per heavy atom. The van der Waals surface area contributed by atoms with Crippen LogP contribution >= 0.6 is 0 Å². The zero-order chi connectivity index (χ0) is 15.3. The van der Waals surface area contributed by atoms with Gasteiger partial charge in [-0.3, -0.25) is 0 Å². The minimum Gasteiger partial charge on any atom is -0.491 e. The maximum Gasteiger partial charge on any atom is 0.223 e. The first-order chi connectivity index (χ1) is 9.17. The number of nitrogens with two attached hydrogens (primary N) is 3. The van der Waals surface area contributed by atoms with Gasteiger partial charge in [-0.05, 0) is 17.5 Å². The van der Waals surface area contributed by atoms with Crippen molar-refractivity contribution in [2.45, 2.75) is 20.8 Å². The van der Waals surface area contributed by atoms with Crippen molar-refractivity contribution in [3.05, 3.63) is 24.0 Å². The molecular weight excluding hydrogens is 261 g/mol. The lowest BCUT2D eigenvalue weighted by Crippen LogP contribution is -2.26. The number of guanidine groups is 2. The maximum atomic E-state index is 13.3. The SMILES string of the molecule is CC(C)(C)COc1ccc(F)cc1N=C(N)N=C(N)N. The van der Waals surface area contributed by atoms with E-state index in [2.05, 4.69) is 9.98 Å². The second kappa shape index (κ2) is 6.23. The zero-order valence-electron chi connectivity index (χ0n) is 11.9. The molecule has 0 aliphatic rings. The second-order valence-electron chi connectivity index (χ2n) is 5.47. The number of nitrogens with zero attached hydrogens (tertiary/aromatic N) is 2. The monoisotopic (exact) mass is 281 g/mol. The molecule has 0 aliphatic carbocycles. The van der Waals surface area contributed by atoms with Crippen LogP contribution in [0.2, 0.25) is 0 Å². The first kappa shape index (κ1) is 15.7. The number of halogens is 1. The van der Waals surface area contributed by atoms with Gasteiger partial charge < -0.3 is 21.9 Å². The summed E-state index contributed by atoms with van der Waals surface area (Å²) in [7, 11) is 0. The number of rotatable bonds is 3. The molecule has 0 fully saturated rings. The number of benzene rings is 1. The molecule has 0 amide bonds. The Balaban J connectivity index is 3.05. The third-order valence-corrected chi connectivity index (χ3v) is 2.06. The molecule has 6 nitrogen and oxygen atoms in total. The summed E-state index contributed by atoms with van der Waals surface area (Å²) in [5, 5.41) is 0. The maximum absolute atomic E-state index is 13.3. The van der Waals surface area contributed by atoms with E-state index in [1.165, 1.54) is 18.2 Å². The van der Waals surface area contributed by atoms with E-state index >= 15 is 0 Å². The number of ether oxygens (including phenoxy) is 1. The molecule has 0 spiro atoms. The quantitative estimate of drug-likeness (QED) is 0.575. The molecule has 0 saturated carbocycles. The van der Waals surface area contributed by atoms with Gasteiger partial charge in [0.2, 0.25) is 5.96 Å². The van der Waals surface area contributed by atoms with E-state index in [9.17, 15) is 4.39 Å². The Kier molecular flexibility index (Phi) is 4.90. The average Bonchev–Trinajstić information content (AvgIpc) is 2.25. The smallest absolute Gasteiger partial charge is 0.223 e. The van der Waals surface area contributed by atoms with Gasteiger partial charge in [-0.1, -0.05) is 20.8 Å². The van der Waals surface area contributed by atoms with E-state index in [1.54, 1.807) is 0 Å². The van der Waals surface area contributed by atoms with Crippen LogP contribution in [0.4, 0.5) is 10.1 Å². The lowest BCUT2D eigenvalue weighted by Gasteiger charge is -2.19. The largest absolute Gasteiger partial charge is 0.491 e. The molecule has 1 aromatic carbocycles. The fourth-order valence-corrected chi connectivity index (χ4v) is 1.27. The van der Waals surface area contributed by atoms with Crippen LogP contribution in [-0.2, 0) is 0 Å². The van der Waals surface area contributed by atoms with Gasteiger partial charge in [0, 0.05) is 6.07 Å². The summed E-state index contributed by atoms with van der Waals surface area (Å²) in [5.74, 6) is -0.435. The lowest BCUT2D eigenvalue weighted by atomic mass is 9.99. The molecule has 0 aliphatic heterocycles. The van der Waals surface area contributed by atoms with Crippen molar-refractivity contribution in [2.75, 3.05) is 6.61 Å². The molecule has 20 heavy (non-hydrogen) atoms. The third kappa shape index (κ3) is 5.55. The minimum atomic E-state index is -0.454. The fourth-order valence-electron chi connectivity index (χ4n) is 1.27. The van der Waals surface area contributed by atoms with Gasteiger partial charge in [0.25, 0.3) is 0 Å². The summed E-state index contributed by atoms with van der Waals surface area (Å²) in [6.07, 6.45) is 0. The van der Waals surface area contributed by atoms with E-state index in [0.717, 1.165) is 0 Å². The molecule has 0 unspecified atom stereocenters. The predicted molar refractivity (Wildman–Crippen MR) is 78.4 cm³/mol. The van der Waals surface area contributed by atoms with E-state index in [-0.39, 0.29) is 23.0 Å². The Hall–Kier alpha value is -2.31. The van der Waals surface area contributed by atoms with Gasteiger partial charge in [-0.15, -0.1) is 0 Å². The standard InChI is InChI=1S/C13H20FN5O/c1-13(2,3)7-20-10-5-4-8(14)6-9(10)18-12(17)19-11(15)16/h4-6H,7H2,1-3H3,(H6,15,16,17,18,19). The van der Waals surface area contributed by atoms with Crippen molar-refractivity contribution in [3.63, 3.8) is 0 Å². The van der Waals surface area contributed by atoms with Crippen LogP contribution in [0.5, 0.6) is 5.75 Å². The summed E-state index contributed by atoms with van der Waals surface area (Å²) in [4.78, 5) is 7.52. The van der Waals surface area contributed by atoms with Gasteiger partial charge in [0.05, 0.1) is 6.61 Å². The molecule has 7 heteroatoms. The van der Waals surface area contributed by atoms with Gasteiger partial charge in [0.1, 0.15) is 17.3 Å². The highest BCUT2D eigenvalue weighted by Crippen LogP contribution is 2.30. The van der Waals surface area contributed by atoms with Gasteiger partial charge in [-0.2, -0.15) is 4.99 Å². The highest BCUT2D eigenvalue weighted by atomic mass is 19.1. The summed E-state index contributed by atoms with van der Waals surface area (Å²) < 4.78 is 18.9. The molecule has 0 saturated heterocycles. The van der Waals surface area contributed by atoms with Crippen LogP contribution in [-0.4, -0.2) is 18.5 Å². The van der Waals surface area contributed by atoms with Crippen LogP contribution < -0.4 is 21.9 Å². The van der Waals surface area contributed by atoms with E-state index in [1.807, 2.05) is 20.8 Å². The van der Waals surface area contributed by atoms with Crippen molar-refractivity contribution in [1.29, 1.82) is 0 Å². The summed E-state index contributed by atoms with van der Waals surface area (Å²) in [5.41, 5.74) is 16.1. The Morgan fingerprint density at radius 2 is 1.90 bits per heavy atom. The third-order valence-electron chi connectivity index (χ3n) is 2.06. The van der Waals surface area contributed by atoms with Gasteiger partial charge >= 0.3 is 0 Å². The van der Waals surface area contributed by atoms with Crippen molar-refractivity contribution >= 4 is 17.6 Å². The zero-order valence-corrected chi connectivity index (χ0v) is 11.9. The fraction of sp³-hybridized carbons (Fsp3) is 0.385. The topological polar surface area (TPSA) is 112 Å². The highest BCUT2D eigenvalue weighted by Gasteiger charge is 2.13. The number of aliphatic imine (C=N–C) groups is 2. The first-order valence-corrected chi connectivity index (χ1v) is 6.03. The molecule has 6 N–H and O–H groups in total. The van der Waals surface area contributed by atoms with E-state index in [4.69, 9.17) is 21.9 Å². The Bertz CT molecular complexity index is 530. The van der Waals surface area contributed by atoms with Crippen molar-refractivity contribution in [3.8, 4) is 5.75 Å². The molecule has 0 radical (unpaired) electrons.